The van der Waals surface area contributed by atoms with Crippen molar-refractivity contribution < 1.29 is 9.72 Å². The predicted molar refractivity (Wildman–Crippen MR) is 83.4 cm³/mol. The fourth-order valence-electron chi connectivity index (χ4n) is 4.15. The van der Waals surface area contributed by atoms with Crippen LogP contribution in [-0.4, -0.2) is 16.9 Å². The molecule has 0 spiro atoms. The van der Waals surface area contributed by atoms with Crippen LogP contribution < -0.4 is 11.1 Å². The van der Waals surface area contributed by atoms with Crippen LogP contribution in [0.25, 0.3) is 0 Å². The molecule has 1 amide bonds. The van der Waals surface area contributed by atoms with Crippen molar-refractivity contribution in [2.45, 2.75) is 38.6 Å². The van der Waals surface area contributed by atoms with Gasteiger partial charge in [0.15, 0.2) is 0 Å². The van der Waals surface area contributed by atoms with Gasteiger partial charge in [0.2, 0.25) is 0 Å². The number of nitrogens with one attached hydrogen (secondary N) is 1. The number of hydrogen-bond donors (Lipinski definition) is 2. The molecular formula is C16H21N3O3. The topological polar surface area (TPSA) is 98.3 Å². The molecule has 2 fully saturated rings. The van der Waals surface area contributed by atoms with E-state index in [1.54, 1.807) is 0 Å². The summed E-state index contributed by atoms with van der Waals surface area (Å²) in [4.78, 5) is 22.7. The molecule has 0 radical (unpaired) electrons. The predicted octanol–water partition coefficient (Wildman–Crippen LogP) is 2.73. The minimum Gasteiger partial charge on any atom is -0.393 e. The van der Waals surface area contributed by atoms with Crippen LogP contribution in [0.5, 0.6) is 0 Å². The number of anilines is 1. The van der Waals surface area contributed by atoms with Gasteiger partial charge in [0.1, 0.15) is 5.69 Å². The van der Waals surface area contributed by atoms with Gasteiger partial charge in [-0.3, -0.25) is 14.9 Å². The number of nitrogen functional groups attached to an aromatic ring is 1. The molecule has 4 unspecified atom stereocenters. The van der Waals surface area contributed by atoms with Gasteiger partial charge in [-0.25, -0.2) is 0 Å². The minimum atomic E-state index is -0.564. The average molecular weight is 303 g/mol. The van der Waals surface area contributed by atoms with Crippen LogP contribution in [-0.2, 0) is 0 Å². The average Bonchev–Trinajstić information content (AvgIpc) is 3.09. The van der Waals surface area contributed by atoms with Gasteiger partial charge < -0.3 is 11.1 Å². The van der Waals surface area contributed by atoms with Crippen LogP contribution in [0, 0.1) is 27.9 Å². The van der Waals surface area contributed by atoms with E-state index in [4.69, 9.17) is 5.73 Å². The molecule has 2 aliphatic carbocycles. The summed E-state index contributed by atoms with van der Waals surface area (Å²) in [6.07, 6.45) is 5.07. The highest BCUT2D eigenvalue weighted by Gasteiger charge is 2.42. The first-order chi connectivity index (χ1) is 10.5. The molecule has 0 aliphatic heterocycles. The third-order valence-corrected chi connectivity index (χ3v) is 5.28. The van der Waals surface area contributed by atoms with Gasteiger partial charge in [0.05, 0.1) is 4.92 Å². The lowest BCUT2D eigenvalue weighted by atomic mass is 9.84. The molecule has 4 atom stereocenters. The molecule has 118 valence electrons. The first-order valence-corrected chi connectivity index (χ1v) is 7.80. The number of nitrogens with two attached hydrogens (primary N) is 1. The summed E-state index contributed by atoms with van der Waals surface area (Å²) >= 11 is 0. The number of hydrogen-bond acceptors (Lipinski definition) is 4. The highest BCUT2D eigenvalue weighted by Crippen LogP contribution is 2.49. The second-order valence-electron chi connectivity index (χ2n) is 6.63. The third-order valence-electron chi connectivity index (χ3n) is 5.28. The fourth-order valence-corrected chi connectivity index (χ4v) is 4.15. The molecule has 3 N–H and O–H groups in total. The highest BCUT2D eigenvalue weighted by atomic mass is 16.6. The van der Waals surface area contributed by atoms with Gasteiger partial charge in [-0.2, -0.15) is 0 Å². The molecule has 1 aromatic rings. The van der Waals surface area contributed by atoms with Crippen LogP contribution in [0.3, 0.4) is 0 Å². The Morgan fingerprint density at radius 1 is 1.41 bits per heavy atom. The molecule has 3 rings (SSSR count). The molecule has 0 heterocycles. The van der Waals surface area contributed by atoms with E-state index in [0.717, 1.165) is 11.8 Å². The van der Waals surface area contributed by atoms with Crippen LogP contribution in [0.4, 0.5) is 11.4 Å². The number of rotatable bonds is 4. The van der Waals surface area contributed by atoms with Gasteiger partial charge >= 0.3 is 0 Å². The third kappa shape index (κ3) is 2.65. The number of fused-ring (bicyclic) bond motifs is 2. The lowest BCUT2D eigenvalue weighted by Gasteiger charge is -2.28. The number of carbonyl (C=O) groups is 1. The van der Waals surface area contributed by atoms with E-state index in [9.17, 15) is 14.9 Å². The lowest BCUT2D eigenvalue weighted by molar-refractivity contribution is -0.383. The molecule has 22 heavy (non-hydrogen) atoms. The maximum Gasteiger partial charge on any atom is 0.292 e. The van der Waals surface area contributed by atoms with Crippen molar-refractivity contribution in [3.05, 3.63) is 33.9 Å². The van der Waals surface area contributed by atoms with Gasteiger partial charge in [0.25, 0.3) is 11.6 Å². The highest BCUT2D eigenvalue weighted by molar-refractivity contribution is 5.95. The molecule has 2 aliphatic rings. The molecule has 0 aromatic heterocycles. The summed E-state index contributed by atoms with van der Waals surface area (Å²) in [5, 5.41) is 13.9. The second kappa shape index (κ2) is 5.59. The van der Waals surface area contributed by atoms with Gasteiger partial charge in [-0.15, -0.1) is 0 Å². The smallest absolute Gasteiger partial charge is 0.292 e. The van der Waals surface area contributed by atoms with E-state index < -0.39 is 4.92 Å². The standard InChI is InChI=1S/C16H21N3O3/c1-9(13-7-10-2-3-11(13)6-10)18-16(20)12-4-5-14(17)15(8-12)19(21)22/h4-5,8-11,13H,2-3,6-7,17H2,1H3,(H,18,20). The van der Waals surface area contributed by atoms with E-state index in [0.29, 0.717) is 5.92 Å². The van der Waals surface area contributed by atoms with E-state index in [1.807, 2.05) is 6.92 Å². The van der Waals surface area contributed by atoms with Crippen LogP contribution in [0.15, 0.2) is 18.2 Å². The summed E-state index contributed by atoms with van der Waals surface area (Å²) < 4.78 is 0. The van der Waals surface area contributed by atoms with Crippen molar-refractivity contribution in [3.8, 4) is 0 Å². The zero-order chi connectivity index (χ0) is 15.9. The number of carbonyl (C=O) groups excluding carboxylic acids is 1. The van der Waals surface area contributed by atoms with Crippen LogP contribution in [0.2, 0.25) is 0 Å². The Morgan fingerprint density at radius 3 is 2.77 bits per heavy atom. The summed E-state index contributed by atoms with van der Waals surface area (Å²) in [5.74, 6) is 1.82. The van der Waals surface area contributed by atoms with E-state index in [2.05, 4.69) is 5.32 Å². The summed E-state index contributed by atoms with van der Waals surface area (Å²) in [7, 11) is 0. The van der Waals surface area contributed by atoms with E-state index >= 15 is 0 Å². The van der Waals surface area contributed by atoms with Gasteiger partial charge in [-0.1, -0.05) is 6.42 Å². The molecule has 0 saturated heterocycles. The largest absolute Gasteiger partial charge is 0.393 e. The van der Waals surface area contributed by atoms with Crippen molar-refractivity contribution in [3.63, 3.8) is 0 Å². The molecule has 6 nitrogen and oxygen atoms in total. The first kappa shape index (κ1) is 14.8. The van der Waals surface area contributed by atoms with Crippen molar-refractivity contribution >= 4 is 17.3 Å². The first-order valence-electron chi connectivity index (χ1n) is 7.80. The van der Waals surface area contributed by atoms with Crippen LogP contribution in [0.1, 0.15) is 43.0 Å². The summed E-state index contributed by atoms with van der Waals surface area (Å²) in [6, 6.07) is 4.29. The molecule has 1 aromatic carbocycles. The molecule has 6 heteroatoms. The second-order valence-corrected chi connectivity index (χ2v) is 6.63. The fraction of sp³-hybridized carbons (Fsp3) is 0.562. The minimum absolute atomic E-state index is 0.0719. The Kier molecular flexibility index (Phi) is 3.76. The number of nitro groups is 1. The maximum atomic E-state index is 12.3. The lowest BCUT2D eigenvalue weighted by Crippen LogP contribution is -2.40. The monoisotopic (exact) mass is 303 g/mol. The Hall–Kier alpha value is -2.11. The Morgan fingerprint density at radius 2 is 2.18 bits per heavy atom. The maximum absolute atomic E-state index is 12.3. The van der Waals surface area contributed by atoms with Crippen molar-refractivity contribution in [2.75, 3.05) is 5.73 Å². The zero-order valence-corrected chi connectivity index (χ0v) is 12.6. The normalized spacial score (nSPS) is 27.6. The van der Waals surface area contributed by atoms with E-state index in [-0.39, 0.29) is 28.9 Å². The summed E-state index contributed by atoms with van der Waals surface area (Å²) in [5.41, 5.74) is 5.70. The zero-order valence-electron chi connectivity index (χ0n) is 12.6. The Balaban J connectivity index is 1.69. The van der Waals surface area contributed by atoms with Gasteiger partial charge in [0, 0.05) is 17.7 Å². The van der Waals surface area contributed by atoms with Gasteiger partial charge in [-0.05, 0) is 56.1 Å². The molecule has 2 bridgehead atoms. The SMILES string of the molecule is CC(NC(=O)c1ccc(N)c([N+](=O)[O-])c1)C1CC2CCC1C2. The number of amides is 1. The van der Waals surface area contributed by atoms with Crippen molar-refractivity contribution in [2.24, 2.45) is 17.8 Å². The summed E-state index contributed by atoms with van der Waals surface area (Å²) in [6.45, 7) is 2.04. The van der Waals surface area contributed by atoms with Crippen LogP contribution >= 0.6 is 0 Å². The quantitative estimate of drug-likeness (QED) is 0.507. The molecular weight excluding hydrogens is 282 g/mol. The Bertz CT molecular complexity index is 617. The van der Waals surface area contributed by atoms with Crippen molar-refractivity contribution in [1.29, 1.82) is 0 Å². The number of nitro benzene ring substituents is 1. The number of nitrogens with zero attached hydrogens (tertiary/aromatic N) is 1. The Labute approximate surface area is 129 Å². The molecule has 2 saturated carbocycles. The number of benzene rings is 1. The van der Waals surface area contributed by atoms with E-state index in [1.165, 1.54) is 43.9 Å². The van der Waals surface area contributed by atoms with Crippen molar-refractivity contribution in [1.82, 2.24) is 5.32 Å².